The number of fused-ring (bicyclic) bond motifs is 1. The molecular formula is C15H10FNO3. The molecule has 0 fully saturated rings. The zero-order valence-electron chi connectivity index (χ0n) is 10.4. The van der Waals surface area contributed by atoms with Crippen molar-refractivity contribution in [2.75, 3.05) is 0 Å². The lowest BCUT2D eigenvalue weighted by atomic mass is 10.2. The van der Waals surface area contributed by atoms with Gasteiger partial charge in [-0.1, -0.05) is 12.1 Å². The van der Waals surface area contributed by atoms with Crippen LogP contribution in [0.5, 0.6) is 0 Å². The summed E-state index contributed by atoms with van der Waals surface area (Å²) in [4.78, 5) is 15.9. The lowest BCUT2D eigenvalue weighted by Crippen LogP contribution is -2.05. The van der Waals surface area contributed by atoms with E-state index in [4.69, 9.17) is 9.15 Å². The molecule has 3 aromatic rings. The highest BCUT2D eigenvalue weighted by Crippen LogP contribution is 2.15. The molecule has 0 bridgehead atoms. The number of carbonyl (C=O) groups excluding carboxylic acids is 1. The van der Waals surface area contributed by atoms with Crippen LogP contribution in [0.3, 0.4) is 0 Å². The monoisotopic (exact) mass is 271 g/mol. The van der Waals surface area contributed by atoms with Gasteiger partial charge in [-0.15, -0.1) is 0 Å². The first-order chi connectivity index (χ1) is 9.72. The standard InChI is InChI=1S/C15H10FNO3/c16-12-4-1-10(2-5-12)8-19-15(18)11-3-6-14-13(7-11)17-9-20-14/h1-7,9H,8H2. The van der Waals surface area contributed by atoms with Crippen LogP contribution in [0.1, 0.15) is 15.9 Å². The van der Waals surface area contributed by atoms with Crippen molar-refractivity contribution in [2.24, 2.45) is 0 Å². The highest BCUT2D eigenvalue weighted by Gasteiger charge is 2.09. The number of benzene rings is 2. The van der Waals surface area contributed by atoms with Crippen LogP contribution in [0.4, 0.5) is 4.39 Å². The van der Waals surface area contributed by atoms with E-state index in [1.165, 1.54) is 18.5 Å². The Bertz CT molecular complexity index is 749. The third-order valence-corrected chi connectivity index (χ3v) is 2.85. The summed E-state index contributed by atoms with van der Waals surface area (Å²) >= 11 is 0. The van der Waals surface area contributed by atoms with E-state index in [9.17, 15) is 9.18 Å². The Balaban J connectivity index is 1.70. The molecule has 4 nitrogen and oxygen atoms in total. The van der Waals surface area contributed by atoms with Crippen LogP contribution in [-0.4, -0.2) is 11.0 Å². The maximum atomic E-state index is 12.7. The van der Waals surface area contributed by atoms with Crippen LogP contribution in [-0.2, 0) is 11.3 Å². The maximum absolute atomic E-state index is 12.7. The van der Waals surface area contributed by atoms with Crippen LogP contribution in [0, 0.1) is 5.82 Å². The van der Waals surface area contributed by atoms with Gasteiger partial charge in [0.1, 0.15) is 17.9 Å². The summed E-state index contributed by atoms with van der Waals surface area (Å²) in [7, 11) is 0. The molecule has 0 unspecified atom stereocenters. The number of nitrogens with zero attached hydrogens (tertiary/aromatic N) is 1. The highest BCUT2D eigenvalue weighted by atomic mass is 19.1. The fourth-order valence-corrected chi connectivity index (χ4v) is 1.80. The Morgan fingerprint density at radius 3 is 2.80 bits per heavy atom. The molecule has 0 atom stereocenters. The van der Waals surface area contributed by atoms with Gasteiger partial charge in [-0.2, -0.15) is 0 Å². The minimum absolute atomic E-state index is 0.0932. The Labute approximate surface area is 113 Å². The quantitative estimate of drug-likeness (QED) is 0.686. The van der Waals surface area contributed by atoms with Gasteiger partial charge in [0.2, 0.25) is 0 Å². The first-order valence-electron chi connectivity index (χ1n) is 5.97. The smallest absolute Gasteiger partial charge is 0.338 e. The molecule has 0 N–H and O–H groups in total. The van der Waals surface area contributed by atoms with E-state index in [0.29, 0.717) is 16.7 Å². The van der Waals surface area contributed by atoms with Crippen LogP contribution >= 0.6 is 0 Å². The molecule has 1 aromatic heterocycles. The first-order valence-corrected chi connectivity index (χ1v) is 5.97. The lowest BCUT2D eigenvalue weighted by molar-refractivity contribution is 0.0473. The summed E-state index contributed by atoms with van der Waals surface area (Å²) in [5.41, 5.74) is 2.33. The molecule has 0 spiro atoms. The third-order valence-electron chi connectivity index (χ3n) is 2.85. The van der Waals surface area contributed by atoms with Crippen LogP contribution in [0.2, 0.25) is 0 Å². The van der Waals surface area contributed by atoms with Gasteiger partial charge in [0.25, 0.3) is 0 Å². The number of esters is 1. The number of halogens is 1. The predicted molar refractivity (Wildman–Crippen MR) is 69.5 cm³/mol. The maximum Gasteiger partial charge on any atom is 0.338 e. The summed E-state index contributed by atoms with van der Waals surface area (Å²) in [6, 6.07) is 10.7. The third kappa shape index (κ3) is 2.51. The van der Waals surface area contributed by atoms with Crippen LogP contribution in [0.15, 0.2) is 53.3 Å². The summed E-state index contributed by atoms with van der Waals surface area (Å²) in [6.45, 7) is 0.0932. The fourth-order valence-electron chi connectivity index (χ4n) is 1.80. The van der Waals surface area contributed by atoms with Crippen molar-refractivity contribution in [1.82, 2.24) is 4.98 Å². The van der Waals surface area contributed by atoms with Crippen LogP contribution in [0.25, 0.3) is 11.1 Å². The van der Waals surface area contributed by atoms with Crippen molar-refractivity contribution in [2.45, 2.75) is 6.61 Å². The van der Waals surface area contributed by atoms with E-state index in [0.717, 1.165) is 5.56 Å². The number of aromatic nitrogens is 1. The number of oxazole rings is 1. The van der Waals surface area contributed by atoms with Crippen molar-refractivity contribution < 1.29 is 18.3 Å². The van der Waals surface area contributed by atoms with Crippen molar-refractivity contribution in [3.8, 4) is 0 Å². The molecule has 5 heteroatoms. The molecule has 0 saturated carbocycles. The zero-order valence-corrected chi connectivity index (χ0v) is 10.4. The number of hydrogen-bond donors (Lipinski definition) is 0. The predicted octanol–water partition coefficient (Wildman–Crippen LogP) is 3.32. The second-order valence-corrected chi connectivity index (χ2v) is 4.24. The minimum atomic E-state index is -0.459. The average molecular weight is 271 g/mol. The molecule has 0 amide bonds. The zero-order chi connectivity index (χ0) is 13.9. The second kappa shape index (κ2) is 5.13. The molecule has 2 aromatic carbocycles. The van der Waals surface area contributed by atoms with Crippen molar-refractivity contribution in [1.29, 1.82) is 0 Å². The average Bonchev–Trinajstić information content (AvgIpc) is 2.93. The van der Waals surface area contributed by atoms with Gasteiger partial charge in [0.15, 0.2) is 12.0 Å². The van der Waals surface area contributed by atoms with Crippen LogP contribution < -0.4 is 0 Å². The van der Waals surface area contributed by atoms with Crippen molar-refractivity contribution in [3.05, 3.63) is 65.8 Å². The second-order valence-electron chi connectivity index (χ2n) is 4.24. The molecule has 0 aliphatic rings. The normalized spacial score (nSPS) is 10.7. The van der Waals surface area contributed by atoms with Crippen molar-refractivity contribution in [3.63, 3.8) is 0 Å². The number of hydrogen-bond acceptors (Lipinski definition) is 4. The summed E-state index contributed by atoms with van der Waals surface area (Å²) in [5.74, 6) is -0.782. The van der Waals surface area contributed by atoms with Gasteiger partial charge in [0.05, 0.1) is 5.56 Å². The number of carbonyl (C=O) groups is 1. The molecule has 1 heterocycles. The Morgan fingerprint density at radius 2 is 2.00 bits per heavy atom. The highest BCUT2D eigenvalue weighted by molar-refractivity contribution is 5.93. The molecule has 0 saturated heterocycles. The largest absolute Gasteiger partial charge is 0.457 e. The molecule has 0 aliphatic carbocycles. The first kappa shape index (κ1) is 12.3. The van der Waals surface area contributed by atoms with E-state index in [-0.39, 0.29) is 12.4 Å². The fraction of sp³-hybridized carbons (Fsp3) is 0.0667. The van der Waals surface area contributed by atoms with E-state index >= 15 is 0 Å². The molecular weight excluding hydrogens is 261 g/mol. The summed E-state index contributed by atoms with van der Waals surface area (Å²) in [5, 5.41) is 0. The van der Waals surface area contributed by atoms with Gasteiger partial charge < -0.3 is 9.15 Å². The van der Waals surface area contributed by atoms with Gasteiger partial charge in [-0.3, -0.25) is 0 Å². The number of ether oxygens (including phenoxy) is 1. The SMILES string of the molecule is O=C(OCc1ccc(F)cc1)c1ccc2ocnc2c1. The summed E-state index contributed by atoms with van der Waals surface area (Å²) < 4.78 is 23.0. The molecule has 3 rings (SSSR count). The van der Waals surface area contributed by atoms with Gasteiger partial charge in [-0.25, -0.2) is 14.2 Å². The molecule has 20 heavy (non-hydrogen) atoms. The van der Waals surface area contributed by atoms with E-state index < -0.39 is 5.97 Å². The lowest BCUT2D eigenvalue weighted by Gasteiger charge is -2.04. The number of rotatable bonds is 3. The van der Waals surface area contributed by atoms with Gasteiger partial charge >= 0.3 is 5.97 Å². The summed E-state index contributed by atoms with van der Waals surface area (Å²) in [6.07, 6.45) is 1.32. The Morgan fingerprint density at radius 1 is 1.20 bits per heavy atom. The van der Waals surface area contributed by atoms with E-state index in [1.54, 1.807) is 30.3 Å². The molecule has 0 aliphatic heterocycles. The van der Waals surface area contributed by atoms with E-state index in [1.807, 2.05) is 0 Å². The van der Waals surface area contributed by atoms with Crippen molar-refractivity contribution >= 4 is 17.1 Å². The van der Waals surface area contributed by atoms with E-state index in [2.05, 4.69) is 4.98 Å². The van der Waals surface area contributed by atoms with Gasteiger partial charge in [-0.05, 0) is 35.9 Å². The van der Waals surface area contributed by atoms with Gasteiger partial charge in [0, 0.05) is 0 Å². The topological polar surface area (TPSA) is 52.3 Å². The minimum Gasteiger partial charge on any atom is -0.457 e. The Hall–Kier alpha value is -2.69. The Kier molecular flexibility index (Phi) is 3.16. The molecule has 0 radical (unpaired) electrons. The molecule has 100 valence electrons.